The topological polar surface area (TPSA) is 80.3 Å². The Hall–Kier alpha value is -4.30. The number of hydrogen-bond donors (Lipinski definition) is 1. The molecule has 0 saturated carbocycles. The Morgan fingerprint density at radius 3 is 2.53 bits per heavy atom. The molecule has 45 heavy (non-hydrogen) atoms. The van der Waals surface area contributed by atoms with Gasteiger partial charge in [-0.2, -0.15) is 0 Å². The quantitative estimate of drug-likeness (QED) is 0.253. The standard InChI is InChI=1S/C37H45N3O5/c1-26-25-44-34-17-16-30(23-33(34)40(26)19-9-10-21-43-5)38-35(41)32-24-39(36(42)45-37(2,3)4)20-18-31(32)29-15-11-14-28(22-29)27-12-7-6-8-13-27/h6-8,11-17,22-23,31-32H,1,9-10,18-21,24-25H2,2-5H3,(H,38,41)/t31?,32-/m0/s1. The molecule has 2 amide bonds. The number of unbranched alkanes of at least 4 members (excludes halogenated alkanes) is 1. The fourth-order valence-corrected chi connectivity index (χ4v) is 6.06. The highest BCUT2D eigenvalue weighted by Crippen LogP contribution is 2.39. The smallest absolute Gasteiger partial charge is 0.410 e. The molecule has 2 aliphatic heterocycles. The van der Waals surface area contributed by atoms with Crippen LogP contribution in [-0.4, -0.2) is 62.5 Å². The van der Waals surface area contributed by atoms with Crippen molar-refractivity contribution < 1.29 is 23.8 Å². The van der Waals surface area contributed by atoms with Gasteiger partial charge in [-0.25, -0.2) is 4.79 Å². The maximum absolute atomic E-state index is 14.2. The van der Waals surface area contributed by atoms with Gasteiger partial charge in [0.1, 0.15) is 18.0 Å². The van der Waals surface area contributed by atoms with Crippen molar-refractivity contribution in [1.82, 2.24) is 4.90 Å². The van der Waals surface area contributed by atoms with Gasteiger partial charge in [-0.05, 0) is 80.8 Å². The van der Waals surface area contributed by atoms with Crippen LogP contribution in [-0.2, 0) is 14.3 Å². The third kappa shape index (κ3) is 8.05. The average Bonchev–Trinajstić information content (AvgIpc) is 3.03. The minimum absolute atomic E-state index is 0.0784. The van der Waals surface area contributed by atoms with Crippen LogP contribution in [0.5, 0.6) is 5.75 Å². The lowest BCUT2D eigenvalue weighted by Crippen LogP contribution is -2.48. The van der Waals surface area contributed by atoms with E-state index >= 15 is 0 Å². The second-order valence-electron chi connectivity index (χ2n) is 12.8. The Kier molecular flexibility index (Phi) is 10.1. The molecule has 2 aliphatic rings. The molecule has 8 nitrogen and oxygen atoms in total. The van der Waals surface area contributed by atoms with Crippen LogP contribution in [0.3, 0.4) is 0 Å². The van der Waals surface area contributed by atoms with Gasteiger partial charge < -0.3 is 29.3 Å². The minimum atomic E-state index is -0.625. The van der Waals surface area contributed by atoms with Gasteiger partial charge >= 0.3 is 6.09 Å². The highest BCUT2D eigenvalue weighted by atomic mass is 16.6. The van der Waals surface area contributed by atoms with Gasteiger partial charge in [-0.1, -0.05) is 61.2 Å². The van der Waals surface area contributed by atoms with Crippen LogP contribution in [0.4, 0.5) is 16.2 Å². The Morgan fingerprint density at radius 2 is 1.78 bits per heavy atom. The monoisotopic (exact) mass is 611 g/mol. The van der Waals surface area contributed by atoms with E-state index in [1.807, 2.05) is 63.2 Å². The van der Waals surface area contributed by atoms with Gasteiger partial charge in [0.15, 0.2) is 0 Å². The molecule has 5 rings (SSSR count). The van der Waals surface area contributed by atoms with E-state index in [1.54, 1.807) is 12.0 Å². The number of likely N-dealkylation sites (tertiary alicyclic amines) is 1. The number of benzene rings is 3. The molecule has 0 aliphatic carbocycles. The summed E-state index contributed by atoms with van der Waals surface area (Å²) >= 11 is 0. The zero-order valence-electron chi connectivity index (χ0n) is 26.9. The zero-order chi connectivity index (χ0) is 32.0. The molecule has 2 heterocycles. The summed E-state index contributed by atoms with van der Waals surface area (Å²) in [5.74, 6) is 0.0621. The number of anilines is 2. The molecular weight excluding hydrogens is 566 g/mol. The molecule has 238 valence electrons. The summed E-state index contributed by atoms with van der Waals surface area (Å²) in [5, 5.41) is 3.18. The Bertz CT molecular complexity index is 1500. The van der Waals surface area contributed by atoms with Crippen LogP contribution >= 0.6 is 0 Å². The molecule has 2 atom stereocenters. The highest BCUT2D eigenvalue weighted by Gasteiger charge is 2.38. The lowest BCUT2D eigenvalue weighted by atomic mass is 9.79. The van der Waals surface area contributed by atoms with Crippen molar-refractivity contribution in [2.45, 2.75) is 51.6 Å². The van der Waals surface area contributed by atoms with Crippen LogP contribution in [0.25, 0.3) is 11.1 Å². The number of fused-ring (bicyclic) bond motifs is 1. The number of carbonyl (C=O) groups excluding carboxylic acids is 2. The molecule has 1 fully saturated rings. The van der Waals surface area contributed by atoms with Gasteiger partial charge in [0.05, 0.1) is 11.6 Å². The number of carbonyl (C=O) groups is 2. The van der Waals surface area contributed by atoms with E-state index in [1.165, 1.54) is 0 Å². The molecule has 0 bridgehead atoms. The SMILES string of the molecule is C=C1COc2ccc(NC(=O)[C@H]3CN(C(=O)OC(C)(C)C)CCC3c3cccc(-c4ccccc4)c3)cc2N1CCCCOC. The number of nitrogens with zero attached hydrogens (tertiary/aromatic N) is 2. The molecule has 1 saturated heterocycles. The first-order chi connectivity index (χ1) is 21.6. The van der Waals surface area contributed by atoms with Crippen LogP contribution in [0.15, 0.2) is 85.1 Å². The largest absolute Gasteiger partial charge is 0.485 e. The number of amides is 2. The van der Waals surface area contributed by atoms with E-state index in [2.05, 4.69) is 47.1 Å². The fourth-order valence-electron chi connectivity index (χ4n) is 6.06. The van der Waals surface area contributed by atoms with Crippen LogP contribution < -0.4 is 15.0 Å². The van der Waals surface area contributed by atoms with E-state index in [-0.39, 0.29) is 18.4 Å². The number of rotatable bonds is 9. The molecule has 1 N–H and O–H groups in total. The Labute approximate surface area is 267 Å². The fraction of sp³-hybridized carbons (Fsp3) is 0.405. The number of methoxy groups -OCH3 is 1. The first kappa shape index (κ1) is 32.1. The van der Waals surface area contributed by atoms with Crippen molar-refractivity contribution in [3.63, 3.8) is 0 Å². The zero-order valence-corrected chi connectivity index (χ0v) is 26.9. The Morgan fingerprint density at radius 1 is 1.00 bits per heavy atom. The third-order valence-electron chi connectivity index (χ3n) is 8.30. The van der Waals surface area contributed by atoms with Crippen LogP contribution in [0.2, 0.25) is 0 Å². The third-order valence-corrected chi connectivity index (χ3v) is 8.30. The Balaban J connectivity index is 1.40. The van der Waals surface area contributed by atoms with Crippen molar-refractivity contribution >= 4 is 23.4 Å². The number of ether oxygens (including phenoxy) is 3. The van der Waals surface area contributed by atoms with E-state index in [4.69, 9.17) is 14.2 Å². The average molecular weight is 612 g/mol. The minimum Gasteiger partial charge on any atom is -0.485 e. The van der Waals surface area contributed by atoms with Gasteiger partial charge in [0, 0.05) is 44.7 Å². The molecule has 0 spiro atoms. The maximum Gasteiger partial charge on any atom is 0.410 e. The summed E-state index contributed by atoms with van der Waals surface area (Å²) < 4.78 is 16.8. The molecule has 3 aromatic carbocycles. The summed E-state index contributed by atoms with van der Waals surface area (Å²) in [5.41, 5.74) is 5.11. The van der Waals surface area contributed by atoms with Gasteiger partial charge in [0.2, 0.25) is 5.91 Å². The normalized spacial score (nSPS) is 18.2. The van der Waals surface area contributed by atoms with Crippen molar-refractivity contribution in [2.24, 2.45) is 5.92 Å². The van der Waals surface area contributed by atoms with Gasteiger partial charge in [-0.3, -0.25) is 4.79 Å². The second kappa shape index (κ2) is 14.2. The lowest BCUT2D eigenvalue weighted by Gasteiger charge is -2.38. The van der Waals surface area contributed by atoms with Gasteiger partial charge in [-0.15, -0.1) is 0 Å². The highest BCUT2D eigenvalue weighted by molar-refractivity contribution is 5.94. The van der Waals surface area contributed by atoms with Crippen LogP contribution in [0, 0.1) is 5.92 Å². The first-order valence-corrected chi connectivity index (χ1v) is 15.8. The molecular formula is C37H45N3O5. The van der Waals surface area contributed by atoms with Gasteiger partial charge in [0.25, 0.3) is 0 Å². The predicted molar refractivity (Wildman–Crippen MR) is 179 cm³/mol. The second-order valence-corrected chi connectivity index (χ2v) is 12.8. The summed E-state index contributed by atoms with van der Waals surface area (Å²) in [7, 11) is 1.71. The van der Waals surface area contributed by atoms with E-state index in [0.29, 0.717) is 31.9 Å². The summed E-state index contributed by atoms with van der Waals surface area (Å²) in [4.78, 5) is 31.1. The molecule has 1 unspecified atom stereocenters. The first-order valence-electron chi connectivity index (χ1n) is 15.8. The predicted octanol–water partition coefficient (Wildman–Crippen LogP) is 7.47. The summed E-state index contributed by atoms with van der Waals surface area (Å²) in [6.45, 7) is 12.5. The van der Waals surface area contributed by atoms with E-state index < -0.39 is 17.6 Å². The van der Waals surface area contributed by atoms with Crippen molar-refractivity contribution in [3.8, 4) is 16.9 Å². The molecule has 3 aromatic rings. The van der Waals surface area contributed by atoms with E-state index in [9.17, 15) is 9.59 Å². The number of piperidine rings is 1. The summed E-state index contributed by atoms with van der Waals surface area (Å²) in [6, 6.07) is 24.3. The van der Waals surface area contributed by atoms with Crippen molar-refractivity contribution in [1.29, 1.82) is 0 Å². The molecule has 0 radical (unpaired) electrons. The molecule has 8 heteroatoms. The lowest BCUT2D eigenvalue weighted by molar-refractivity contribution is -0.122. The number of nitrogens with one attached hydrogen (secondary N) is 1. The molecule has 0 aromatic heterocycles. The van der Waals surface area contributed by atoms with Crippen molar-refractivity contribution in [3.05, 3.63) is 90.6 Å². The number of hydrogen-bond acceptors (Lipinski definition) is 6. The summed E-state index contributed by atoms with van der Waals surface area (Å²) in [6.07, 6.45) is 2.12. The van der Waals surface area contributed by atoms with E-state index in [0.717, 1.165) is 53.2 Å². The van der Waals surface area contributed by atoms with Crippen molar-refractivity contribution in [2.75, 3.05) is 50.2 Å². The van der Waals surface area contributed by atoms with Crippen LogP contribution in [0.1, 0.15) is 51.5 Å². The maximum atomic E-state index is 14.2.